The lowest BCUT2D eigenvalue weighted by Crippen LogP contribution is -2.18. The summed E-state index contributed by atoms with van der Waals surface area (Å²) in [6, 6.07) is 0. The molecule has 0 fully saturated rings. The third-order valence-electron chi connectivity index (χ3n) is 3.08. The predicted octanol–water partition coefficient (Wildman–Crippen LogP) is 4.10. The highest BCUT2D eigenvalue weighted by Crippen LogP contribution is 2.29. The summed E-state index contributed by atoms with van der Waals surface area (Å²) in [5.74, 6) is 1.36. The third-order valence-corrected chi connectivity index (χ3v) is 4.40. The summed E-state index contributed by atoms with van der Waals surface area (Å²) in [5, 5.41) is 4.83. The molecule has 1 rings (SSSR count). The van der Waals surface area contributed by atoms with Gasteiger partial charge in [-0.1, -0.05) is 27.7 Å². The van der Waals surface area contributed by atoms with Crippen LogP contribution in [0.15, 0.2) is 0 Å². The van der Waals surface area contributed by atoms with Gasteiger partial charge in [0.2, 0.25) is 0 Å². The zero-order chi connectivity index (χ0) is 12.8. The van der Waals surface area contributed by atoms with Gasteiger partial charge in [-0.3, -0.25) is 0 Å². The Hall–Kier alpha value is -0.410. The molecule has 1 aromatic heterocycles. The average Bonchev–Trinajstić information content (AvgIpc) is 2.62. The van der Waals surface area contributed by atoms with Gasteiger partial charge in [0.1, 0.15) is 0 Å². The Morgan fingerprint density at radius 2 is 1.88 bits per heavy atom. The smallest absolute Gasteiger partial charge is 0.0962 e. The van der Waals surface area contributed by atoms with Gasteiger partial charge in [0, 0.05) is 17.3 Å². The number of thiazole rings is 1. The molecule has 1 heterocycles. The number of aryl methyl sites for hydroxylation is 1. The Morgan fingerprint density at radius 1 is 1.24 bits per heavy atom. The van der Waals surface area contributed by atoms with Gasteiger partial charge in [-0.2, -0.15) is 0 Å². The van der Waals surface area contributed by atoms with Crippen LogP contribution < -0.4 is 5.32 Å². The summed E-state index contributed by atoms with van der Waals surface area (Å²) < 4.78 is 0. The van der Waals surface area contributed by atoms with E-state index in [1.54, 1.807) is 0 Å². The molecule has 0 amide bonds. The van der Waals surface area contributed by atoms with E-state index < -0.39 is 0 Å². The SMILES string of the molecule is CCC(CC)c1nc(C)c(CNCC(C)C)s1. The van der Waals surface area contributed by atoms with E-state index >= 15 is 0 Å². The molecule has 2 nitrogen and oxygen atoms in total. The summed E-state index contributed by atoms with van der Waals surface area (Å²) >= 11 is 1.89. The molecule has 0 saturated carbocycles. The van der Waals surface area contributed by atoms with E-state index in [1.807, 2.05) is 11.3 Å². The normalized spacial score (nSPS) is 11.7. The molecule has 0 saturated heterocycles. The molecule has 0 radical (unpaired) electrons. The molecule has 0 bridgehead atoms. The molecule has 3 heteroatoms. The van der Waals surface area contributed by atoms with Crippen molar-refractivity contribution >= 4 is 11.3 Å². The van der Waals surface area contributed by atoms with Gasteiger partial charge in [0.25, 0.3) is 0 Å². The first-order valence-corrected chi connectivity index (χ1v) is 7.56. The van der Waals surface area contributed by atoms with Crippen LogP contribution in [0.4, 0.5) is 0 Å². The van der Waals surface area contributed by atoms with Gasteiger partial charge >= 0.3 is 0 Å². The monoisotopic (exact) mass is 254 g/mol. The Bertz CT molecular complexity index is 327. The van der Waals surface area contributed by atoms with Gasteiger partial charge < -0.3 is 5.32 Å². The first-order valence-electron chi connectivity index (χ1n) is 6.75. The van der Waals surface area contributed by atoms with E-state index in [9.17, 15) is 0 Å². The number of hydrogen-bond acceptors (Lipinski definition) is 3. The van der Waals surface area contributed by atoms with Crippen molar-refractivity contribution in [3.8, 4) is 0 Å². The van der Waals surface area contributed by atoms with Gasteiger partial charge in [-0.15, -0.1) is 11.3 Å². The fourth-order valence-corrected chi connectivity index (χ4v) is 3.20. The van der Waals surface area contributed by atoms with E-state index in [2.05, 4.69) is 39.9 Å². The zero-order valence-corrected chi connectivity index (χ0v) is 12.7. The fourth-order valence-electron chi connectivity index (χ4n) is 1.90. The summed E-state index contributed by atoms with van der Waals surface area (Å²) in [7, 11) is 0. The fraction of sp³-hybridized carbons (Fsp3) is 0.786. The Balaban J connectivity index is 2.61. The first kappa shape index (κ1) is 14.7. The second kappa shape index (κ2) is 7.12. The largest absolute Gasteiger partial charge is 0.312 e. The van der Waals surface area contributed by atoms with E-state index in [4.69, 9.17) is 4.98 Å². The van der Waals surface area contributed by atoms with Crippen LogP contribution in [-0.4, -0.2) is 11.5 Å². The highest BCUT2D eigenvalue weighted by Gasteiger charge is 2.14. The topological polar surface area (TPSA) is 24.9 Å². The Morgan fingerprint density at radius 3 is 2.41 bits per heavy atom. The van der Waals surface area contributed by atoms with E-state index in [-0.39, 0.29) is 0 Å². The molecular formula is C14H26N2S. The van der Waals surface area contributed by atoms with Crippen molar-refractivity contribution in [1.82, 2.24) is 10.3 Å². The molecule has 0 atom stereocenters. The number of aromatic nitrogens is 1. The molecule has 0 aliphatic carbocycles. The summed E-state index contributed by atoms with van der Waals surface area (Å²) in [6.45, 7) is 13.2. The van der Waals surface area contributed by atoms with Crippen molar-refractivity contribution in [2.24, 2.45) is 5.92 Å². The average molecular weight is 254 g/mol. The van der Waals surface area contributed by atoms with Crippen LogP contribution in [0.2, 0.25) is 0 Å². The summed E-state index contributed by atoms with van der Waals surface area (Å²) in [5.41, 5.74) is 1.22. The maximum absolute atomic E-state index is 4.73. The lowest BCUT2D eigenvalue weighted by molar-refractivity contribution is 0.554. The van der Waals surface area contributed by atoms with E-state index in [1.165, 1.54) is 28.4 Å². The van der Waals surface area contributed by atoms with Crippen molar-refractivity contribution in [2.75, 3.05) is 6.54 Å². The Kier molecular flexibility index (Phi) is 6.14. The van der Waals surface area contributed by atoms with Crippen molar-refractivity contribution < 1.29 is 0 Å². The van der Waals surface area contributed by atoms with Gasteiger partial charge in [0.05, 0.1) is 10.7 Å². The van der Waals surface area contributed by atoms with E-state index in [0.29, 0.717) is 11.8 Å². The third kappa shape index (κ3) is 4.40. The lowest BCUT2D eigenvalue weighted by Gasteiger charge is -2.07. The minimum Gasteiger partial charge on any atom is -0.312 e. The highest BCUT2D eigenvalue weighted by molar-refractivity contribution is 7.11. The van der Waals surface area contributed by atoms with Crippen LogP contribution in [0.1, 0.15) is 62.0 Å². The summed E-state index contributed by atoms with van der Waals surface area (Å²) in [6.07, 6.45) is 2.39. The highest BCUT2D eigenvalue weighted by atomic mass is 32.1. The summed E-state index contributed by atoms with van der Waals surface area (Å²) in [4.78, 5) is 6.14. The van der Waals surface area contributed by atoms with Crippen LogP contribution in [-0.2, 0) is 6.54 Å². The van der Waals surface area contributed by atoms with Gasteiger partial charge in [0.15, 0.2) is 0 Å². The lowest BCUT2D eigenvalue weighted by atomic mass is 10.1. The molecule has 1 aromatic rings. The van der Waals surface area contributed by atoms with Gasteiger partial charge in [-0.25, -0.2) is 4.98 Å². The molecule has 0 aromatic carbocycles. The van der Waals surface area contributed by atoms with Gasteiger partial charge in [-0.05, 0) is 32.2 Å². The minimum atomic E-state index is 0.651. The second-order valence-electron chi connectivity index (χ2n) is 5.10. The molecule has 0 aliphatic rings. The molecular weight excluding hydrogens is 228 g/mol. The maximum Gasteiger partial charge on any atom is 0.0962 e. The molecule has 98 valence electrons. The molecule has 0 unspecified atom stereocenters. The van der Waals surface area contributed by atoms with E-state index in [0.717, 1.165) is 13.1 Å². The quantitative estimate of drug-likeness (QED) is 0.792. The predicted molar refractivity (Wildman–Crippen MR) is 76.7 cm³/mol. The molecule has 17 heavy (non-hydrogen) atoms. The Labute approximate surface area is 110 Å². The van der Waals surface area contributed by atoms with Crippen molar-refractivity contribution in [1.29, 1.82) is 0 Å². The van der Waals surface area contributed by atoms with Crippen LogP contribution in [0, 0.1) is 12.8 Å². The molecule has 0 aliphatic heterocycles. The maximum atomic E-state index is 4.73. The van der Waals surface area contributed by atoms with Crippen LogP contribution in [0.25, 0.3) is 0 Å². The zero-order valence-electron chi connectivity index (χ0n) is 11.8. The number of nitrogens with zero attached hydrogens (tertiary/aromatic N) is 1. The standard InChI is InChI=1S/C14H26N2S/c1-6-12(7-2)14-16-11(5)13(17-14)9-15-8-10(3)4/h10,12,15H,6-9H2,1-5H3. The second-order valence-corrected chi connectivity index (χ2v) is 6.21. The number of hydrogen-bond donors (Lipinski definition) is 1. The van der Waals surface area contributed by atoms with Crippen LogP contribution in [0.3, 0.4) is 0 Å². The minimum absolute atomic E-state index is 0.651. The van der Waals surface area contributed by atoms with Crippen molar-refractivity contribution in [3.05, 3.63) is 15.6 Å². The van der Waals surface area contributed by atoms with Crippen LogP contribution >= 0.6 is 11.3 Å². The van der Waals surface area contributed by atoms with Crippen molar-refractivity contribution in [3.63, 3.8) is 0 Å². The molecule has 1 N–H and O–H groups in total. The van der Waals surface area contributed by atoms with Crippen molar-refractivity contribution in [2.45, 2.75) is 59.9 Å². The number of nitrogens with one attached hydrogen (secondary N) is 1. The first-order chi connectivity index (χ1) is 8.08. The number of rotatable bonds is 7. The molecule has 0 spiro atoms. The van der Waals surface area contributed by atoms with Crippen LogP contribution in [0.5, 0.6) is 0 Å².